The fraction of sp³-hybridized carbons (Fsp3) is 0.647. The minimum Gasteiger partial charge on any atom is -0.382 e. The highest BCUT2D eigenvalue weighted by Crippen LogP contribution is 2.32. The van der Waals surface area contributed by atoms with Crippen molar-refractivity contribution in [1.82, 2.24) is 0 Å². The third-order valence-corrected chi connectivity index (χ3v) is 4.25. The maximum atomic E-state index is 3.79. The van der Waals surface area contributed by atoms with Crippen LogP contribution in [0.4, 0.5) is 5.69 Å². The van der Waals surface area contributed by atoms with Gasteiger partial charge in [-0.05, 0) is 61.8 Å². The molecule has 0 bridgehead atoms. The molecule has 2 rings (SSSR count). The van der Waals surface area contributed by atoms with Crippen molar-refractivity contribution in [2.45, 2.75) is 59.4 Å². The van der Waals surface area contributed by atoms with Crippen LogP contribution in [0.5, 0.6) is 0 Å². The van der Waals surface area contributed by atoms with Crippen molar-refractivity contribution in [2.24, 2.45) is 11.8 Å². The summed E-state index contributed by atoms with van der Waals surface area (Å²) in [6, 6.07) is 7.46. The first-order chi connectivity index (χ1) is 8.56. The Morgan fingerprint density at radius 3 is 2.22 bits per heavy atom. The van der Waals surface area contributed by atoms with Gasteiger partial charge in [-0.15, -0.1) is 0 Å². The molecule has 1 aromatic carbocycles. The van der Waals surface area contributed by atoms with Crippen LogP contribution < -0.4 is 5.32 Å². The molecule has 1 N–H and O–H groups in total. The summed E-state index contributed by atoms with van der Waals surface area (Å²) < 4.78 is 0. The number of anilines is 1. The van der Waals surface area contributed by atoms with E-state index in [1.807, 2.05) is 0 Å². The van der Waals surface area contributed by atoms with Gasteiger partial charge >= 0.3 is 0 Å². The molecule has 1 saturated carbocycles. The van der Waals surface area contributed by atoms with Gasteiger partial charge < -0.3 is 5.32 Å². The Kier molecular flexibility index (Phi) is 4.31. The smallest absolute Gasteiger partial charge is 0.0347 e. The average molecular weight is 245 g/mol. The summed E-state index contributed by atoms with van der Waals surface area (Å²) in [4.78, 5) is 0. The fourth-order valence-electron chi connectivity index (χ4n) is 3.41. The second-order valence-electron chi connectivity index (χ2n) is 6.32. The monoisotopic (exact) mass is 245 g/mol. The van der Waals surface area contributed by atoms with Crippen molar-refractivity contribution in [2.75, 3.05) is 5.32 Å². The molecule has 0 amide bonds. The second kappa shape index (κ2) is 5.77. The molecule has 100 valence electrons. The zero-order chi connectivity index (χ0) is 13.1. The molecule has 0 heterocycles. The number of aryl methyl sites for hydroxylation is 2. The van der Waals surface area contributed by atoms with E-state index in [0.717, 1.165) is 11.8 Å². The molecule has 1 nitrogen and oxygen atoms in total. The van der Waals surface area contributed by atoms with Gasteiger partial charge in [0.1, 0.15) is 0 Å². The minimum absolute atomic E-state index is 0.667. The van der Waals surface area contributed by atoms with Crippen LogP contribution in [0.3, 0.4) is 0 Å². The van der Waals surface area contributed by atoms with Crippen molar-refractivity contribution < 1.29 is 0 Å². The van der Waals surface area contributed by atoms with Crippen molar-refractivity contribution in [3.05, 3.63) is 29.3 Å². The molecule has 18 heavy (non-hydrogen) atoms. The summed E-state index contributed by atoms with van der Waals surface area (Å²) in [6.45, 7) is 9.09. The molecule has 1 aliphatic rings. The van der Waals surface area contributed by atoms with E-state index < -0.39 is 0 Å². The zero-order valence-electron chi connectivity index (χ0n) is 12.3. The molecule has 1 heteroatoms. The molecule has 1 aliphatic carbocycles. The van der Waals surface area contributed by atoms with Crippen LogP contribution in [0, 0.1) is 25.7 Å². The van der Waals surface area contributed by atoms with Gasteiger partial charge in [0.15, 0.2) is 0 Å². The normalized spacial score (nSPS) is 24.3. The quantitative estimate of drug-likeness (QED) is 0.796. The minimum atomic E-state index is 0.667. The van der Waals surface area contributed by atoms with E-state index in [4.69, 9.17) is 0 Å². The maximum absolute atomic E-state index is 3.79. The Bertz CT molecular complexity index is 374. The van der Waals surface area contributed by atoms with Gasteiger partial charge in [-0.25, -0.2) is 0 Å². The standard InChI is InChI=1S/C17H27N/c1-12(2)16-7-5-6-8-17(16)18-15-10-13(3)9-14(4)11-15/h9-12,16-18H,5-8H2,1-4H3. The summed E-state index contributed by atoms with van der Waals surface area (Å²) in [5, 5.41) is 3.79. The Hall–Kier alpha value is -0.980. The fourth-order valence-corrected chi connectivity index (χ4v) is 3.41. The highest BCUT2D eigenvalue weighted by molar-refractivity contribution is 5.49. The van der Waals surface area contributed by atoms with Crippen LogP contribution in [0.15, 0.2) is 18.2 Å². The zero-order valence-corrected chi connectivity index (χ0v) is 12.3. The van der Waals surface area contributed by atoms with E-state index >= 15 is 0 Å². The molecule has 0 spiro atoms. The third kappa shape index (κ3) is 3.28. The van der Waals surface area contributed by atoms with Crippen molar-refractivity contribution in [3.63, 3.8) is 0 Å². The molecule has 2 unspecified atom stereocenters. The van der Waals surface area contributed by atoms with Gasteiger partial charge in [0.05, 0.1) is 0 Å². The lowest BCUT2D eigenvalue weighted by Crippen LogP contribution is -2.35. The van der Waals surface area contributed by atoms with Crippen LogP contribution in [0.1, 0.15) is 50.7 Å². The highest BCUT2D eigenvalue weighted by atomic mass is 14.9. The maximum Gasteiger partial charge on any atom is 0.0347 e. The van der Waals surface area contributed by atoms with Gasteiger partial charge in [0, 0.05) is 11.7 Å². The molecule has 0 aliphatic heterocycles. The number of nitrogens with one attached hydrogen (secondary N) is 1. The third-order valence-electron chi connectivity index (χ3n) is 4.25. The summed E-state index contributed by atoms with van der Waals surface area (Å²) >= 11 is 0. The number of benzene rings is 1. The SMILES string of the molecule is Cc1cc(C)cc(NC2CCCCC2C(C)C)c1. The van der Waals surface area contributed by atoms with Crippen LogP contribution in [-0.4, -0.2) is 6.04 Å². The van der Waals surface area contributed by atoms with E-state index in [0.29, 0.717) is 6.04 Å². The van der Waals surface area contributed by atoms with Crippen LogP contribution in [0.25, 0.3) is 0 Å². The first kappa shape index (κ1) is 13.5. The van der Waals surface area contributed by atoms with Crippen molar-refractivity contribution in [3.8, 4) is 0 Å². The predicted molar refractivity (Wildman–Crippen MR) is 80.1 cm³/mol. The Morgan fingerprint density at radius 2 is 1.61 bits per heavy atom. The van der Waals surface area contributed by atoms with E-state index in [-0.39, 0.29) is 0 Å². The van der Waals surface area contributed by atoms with E-state index in [1.54, 1.807) is 0 Å². The van der Waals surface area contributed by atoms with Crippen LogP contribution in [0.2, 0.25) is 0 Å². The molecular formula is C17H27N. The average Bonchev–Trinajstić information content (AvgIpc) is 2.27. The van der Waals surface area contributed by atoms with Crippen molar-refractivity contribution >= 4 is 5.69 Å². The molecule has 0 saturated heterocycles. The molecule has 0 aromatic heterocycles. The first-order valence-electron chi connectivity index (χ1n) is 7.41. The first-order valence-corrected chi connectivity index (χ1v) is 7.41. The van der Waals surface area contributed by atoms with Gasteiger partial charge in [-0.3, -0.25) is 0 Å². The summed E-state index contributed by atoms with van der Waals surface area (Å²) in [6.07, 6.45) is 5.51. The molecule has 0 radical (unpaired) electrons. The van der Waals surface area contributed by atoms with Crippen LogP contribution >= 0.6 is 0 Å². The second-order valence-corrected chi connectivity index (χ2v) is 6.32. The summed E-state index contributed by atoms with van der Waals surface area (Å²) in [5.41, 5.74) is 4.02. The Morgan fingerprint density at radius 1 is 1.00 bits per heavy atom. The predicted octanol–water partition coefficient (Wildman–Crippen LogP) is 4.93. The van der Waals surface area contributed by atoms with E-state index in [1.165, 1.54) is 42.5 Å². The van der Waals surface area contributed by atoms with Gasteiger partial charge in [-0.2, -0.15) is 0 Å². The molecular weight excluding hydrogens is 218 g/mol. The van der Waals surface area contributed by atoms with Crippen LogP contribution in [-0.2, 0) is 0 Å². The Balaban J connectivity index is 2.10. The molecule has 1 aromatic rings. The molecule has 2 atom stereocenters. The van der Waals surface area contributed by atoms with Crippen molar-refractivity contribution in [1.29, 1.82) is 0 Å². The van der Waals surface area contributed by atoms with Gasteiger partial charge in [0.2, 0.25) is 0 Å². The number of hydrogen-bond acceptors (Lipinski definition) is 1. The summed E-state index contributed by atoms with van der Waals surface area (Å²) in [7, 11) is 0. The van der Waals surface area contributed by atoms with Gasteiger partial charge in [0.25, 0.3) is 0 Å². The topological polar surface area (TPSA) is 12.0 Å². The number of rotatable bonds is 3. The number of hydrogen-bond donors (Lipinski definition) is 1. The lowest BCUT2D eigenvalue weighted by Gasteiger charge is -2.35. The van der Waals surface area contributed by atoms with E-state index in [2.05, 4.69) is 51.2 Å². The molecule has 1 fully saturated rings. The lowest BCUT2D eigenvalue weighted by molar-refractivity contribution is 0.254. The largest absolute Gasteiger partial charge is 0.382 e. The van der Waals surface area contributed by atoms with E-state index in [9.17, 15) is 0 Å². The highest BCUT2D eigenvalue weighted by Gasteiger charge is 2.27. The summed E-state index contributed by atoms with van der Waals surface area (Å²) in [5.74, 6) is 1.62. The Labute approximate surface area is 112 Å². The van der Waals surface area contributed by atoms with Gasteiger partial charge in [-0.1, -0.05) is 32.8 Å². The lowest BCUT2D eigenvalue weighted by atomic mass is 9.77.